The molecule has 0 N–H and O–H groups in total. The van der Waals surface area contributed by atoms with E-state index in [2.05, 4.69) is 21.9 Å². The summed E-state index contributed by atoms with van der Waals surface area (Å²) in [6, 6.07) is 5.88. The summed E-state index contributed by atoms with van der Waals surface area (Å²) in [7, 11) is 0. The van der Waals surface area contributed by atoms with Gasteiger partial charge in [-0.05, 0) is 24.6 Å². The summed E-state index contributed by atoms with van der Waals surface area (Å²) < 4.78 is 0. The Hall–Kier alpha value is -1.77. The van der Waals surface area contributed by atoms with Gasteiger partial charge in [-0.3, -0.25) is 4.98 Å². The van der Waals surface area contributed by atoms with E-state index in [1.807, 2.05) is 24.4 Å². The second kappa shape index (κ2) is 6.09. The highest BCUT2D eigenvalue weighted by Crippen LogP contribution is 2.15. The number of nitrogens with zero attached hydrogens (tertiary/aromatic N) is 3. The van der Waals surface area contributed by atoms with Crippen LogP contribution in [0.15, 0.2) is 36.8 Å². The van der Waals surface area contributed by atoms with Gasteiger partial charge in [0, 0.05) is 30.6 Å². The molecule has 2 aromatic heterocycles. The number of aromatic nitrogens is 3. The Morgan fingerprint density at radius 2 is 1.82 bits per heavy atom. The lowest BCUT2D eigenvalue weighted by Crippen LogP contribution is -1.96. The second-order valence-electron chi connectivity index (χ2n) is 4.05. The largest absolute Gasteiger partial charge is 0.265 e. The van der Waals surface area contributed by atoms with Gasteiger partial charge >= 0.3 is 0 Å². The molecule has 88 valence electrons. The van der Waals surface area contributed by atoms with Gasteiger partial charge in [-0.15, -0.1) is 0 Å². The molecule has 0 aromatic carbocycles. The van der Waals surface area contributed by atoms with Crippen LogP contribution in [0.4, 0.5) is 0 Å². The Morgan fingerprint density at radius 3 is 2.59 bits per heavy atom. The van der Waals surface area contributed by atoms with Crippen molar-refractivity contribution < 1.29 is 0 Å². The third-order valence-corrected chi connectivity index (χ3v) is 2.69. The molecule has 2 aromatic rings. The molecule has 2 rings (SSSR count). The van der Waals surface area contributed by atoms with Crippen LogP contribution in [-0.4, -0.2) is 15.0 Å². The van der Waals surface area contributed by atoms with Gasteiger partial charge in [0.15, 0.2) is 0 Å². The normalized spacial score (nSPS) is 10.4. The van der Waals surface area contributed by atoms with Crippen LogP contribution in [0.1, 0.15) is 32.0 Å². The molecule has 0 fully saturated rings. The smallest absolute Gasteiger partial charge is 0.128 e. The maximum atomic E-state index is 4.58. The number of aryl methyl sites for hydroxylation is 1. The third-order valence-electron chi connectivity index (χ3n) is 2.69. The zero-order valence-corrected chi connectivity index (χ0v) is 10.1. The predicted octanol–water partition coefficient (Wildman–Crippen LogP) is 3.27. The molecular formula is C14H17N3. The average Bonchev–Trinajstić information content (AvgIpc) is 2.41. The van der Waals surface area contributed by atoms with Crippen LogP contribution in [0.5, 0.6) is 0 Å². The van der Waals surface area contributed by atoms with Gasteiger partial charge in [0.2, 0.25) is 0 Å². The lowest BCUT2D eigenvalue weighted by atomic mass is 10.1. The molecule has 0 radical (unpaired) electrons. The number of hydrogen-bond acceptors (Lipinski definition) is 3. The topological polar surface area (TPSA) is 38.7 Å². The summed E-state index contributed by atoms with van der Waals surface area (Å²) in [6.45, 7) is 2.20. The Bertz CT molecular complexity index is 454. The molecular weight excluding hydrogens is 210 g/mol. The molecule has 0 unspecified atom stereocenters. The fraction of sp³-hybridized carbons (Fsp3) is 0.357. The van der Waals surface area contributed by atoms with Gasteiger partial charge in [-0.2, -0.15) is 0 Å². The minimum Gasteiger partial charge on any atom is -0.265 e. The Balaban J connectivity index is 2.12. The zero-order chi connectivity index (χ0) is 11.9. The van der Waals surface area contributed by atoms with E-state index in [0.717, 1.165) is 29.9 Å². The molecule has 17 heavy (non-hydrogen) atoms. The Kier molecular flexibility index (Phi) is 4.19. The molecule has 3 heteroatoms. The standard InChI is InChI=1S/C14H17N3/c1-2-3-4-5-14-16-11-8-13(17-14)12-6-9-15-10-7-12/h6-11H,2-5H2,1H3. The van der Waals surface area contributed by atoms with Crippen LogP contribution in [0, 0.1) is 0 Å². The van der Waals surface area contributed by atoms with Gasteiger partial charge in [-0.25, -0.2) is 9.97 Å². The monoisotopic (exact) mass is 227 g/mol. The van der Waals surface area contributed by atoms with Crippen molar-refractivity contribution in [3.8, 4) is 11.3 Å². The molecule has 0 spiro atoms. The first-order valence-electron chi connectivity index (χ1n) is 6.12. The van der Waals surface area contributed by atoms with Crippen molar-refractivity contribution in [2.75, 3.05) is 0 Å². The molecule has 0 aliphatic heterocycles. The van der Waals surface area contributed by atoms with E-state index in [9.17, 15) is 0 Å². The first kappa shape index (κ1) is 11.7. The average molecular weight is 227 g/mol. The number of unbranched alkanes of at least 4 members (excludes halogenated alkanes) is 2. The summed E-state index contributed by atoms with van der Waals surface area (Å²) in [6.07, 6.45) is 10.0. The van der Waals surface area contributed by atoms with Crippen molar-refractivity contribution in [2.24, 2.45) is 0 Å². The van der Waals surface area contributed by atoms with Crippen LogP contribution in [0.3, 0.4) is 0 Å². The molecule has 0 amide bonds. The molecule has 0 aliphatic carbocycles. The maximum Gasteiger partial charge on any atom is 0.128 e. The van der Waals surface area contributed by atoms with Crippen molar-refractivity contribution >= 4 is 0 Å². The van der Waals surface area contributed by atoms with E-state index in [4.69, 9.17) is 0 Å². The number of pyridine rings is 1. The van der Waals surface area contributed by atoms with E-state index in [-0.39, 0.29) is 0 Å². The third kappa shape index (κ3) is 3.34. The summed E-state index contributed by atoms with van der Waals surface area (Å²) in [5.74, 6) is 0.938. The molecule has 0 aliphatic rings. The van der Waals surface area contributed by atoms with Crippen molar-refractivity contribution in [3.05, 3.63) is 42.6 Å². The maximum absolute atomic E-state index is 4.58. The minimum absolute atomic E-state index is 0.938. The highest BCUT2D eigenvalue weighted by Gasteiger charge is 2.01. The van der Waals surface area contributed by atoms with Gasteiger partial charge in [0.1, 0.15) is 5.82 Å². The van der Waals surface area contributed by atoms with E-state index >= 15 is 0 Å². The van der Waals surface area contributed by atoms with Gasteiger partial charge in [0.25, 0.3) is 0 Å². The van der Waals surface area contributed by atoms with Crippen molar-refractivity contribution in [1.29, 1.82) is 0 Å². The van der Waals surface area contributed by atoms with Crippen LogP contribution >= 0.6 is 0 Å². The SMILES string of the molecule is CCCCCc1nccc(-c2ccncc2)n1. The van der Waals surface area contributed by atoms with Gasteiger partial charge in [-0.1, -0.05) is 19.8 Å². The number of hydrogen-bond donors (Lipinski definition) is 0. The van der Waals surface area contributed by atoms with Crippen molar-refractivity contribution in [1.82, 2.24) is 15.0 Å². The quantitative estimate of drug-likeness (QED) is 0.736. The number of rotatable bonds is 5. The van der Waals surface area contributed by atoms with Crippen molar-refractivity contribution in [2.45, 2.75) is 32.6 Å². The second-order valence-corrected chi connectivity index (χ2v) is 4.05. The molecule has 0 saturated heterocycles. The van der Waals surface area contributed by atoms with E-state index < -0.39 is 0 Å². The fourth-order valence-corrected chi connectivity index (χ4v) is 1.74. The first-order chi connectivity index (χ1) is 8.40. The lowest BCUT2D eigenvalue weighted by molar-refractivity contribution is 0.694. The van der Waals surface area contributed by atoms with Crippen molar-refractivity contribution in [3.63, 3.8) is 0 Å². The minimum atomic E-state index is 0.938. The summed E-state index contributed by atoms with van der Waals surface area (Å²) in [5.41, 5.74) is 2.08. The molecule has 0 bridgehead atoms. The Labute approximate surface area is 102 Å². The highest BCUT2D eigenvalue weighted by molar-refractivity contribution is 5.57. The molecule has 0 saturated carbocycles. The van der Waals surface area contributed by atoms with Crippen LogP contribution in [-0.2, 0) is 6.42 Å². The van der Waals surface area contributed by atoms with E-state index in [1.54, 1.807) is 12.4 Å². The summed E-state index contributed by atoms with van der Waals surface area (Å²) in [4.78, 5) is 12.9. The first-order valence-corrected chi connectivity index (χ1v) is 6.12. The molecule has 0 atom stereocenters. The van der Waals surface area contributed by atoms with Gasteiger partial charge in [0.05, 0.1) is 5.69 Å². The fourth-order valence-electron chi connectivity index (χ4n) is 1.74. The highest BCUT2D eigenvalue weighted by atomic mass is 14.9. The van der Waals surface area contributed by atoms with Crippen LogP contribution in [0.2, 0.25) is 0 Å². The van der Waals surface area contributed by atoms with E-state index in [0.29, 0.717) is 0 Å². The zero-order valence-electron chi connectivity index (χ0n) is 10.1. The Morgan fingerprint density at radius 1 is 1.00 bits per heavy atom. The van der Waals surface area contributed by atoms with E-state index in [1.165, 1.54) is 12.8 Å². The summed E-state index contributed by atoms with van der Waals surface area (Å²) >= 11 is 0. The predicted molar refractivity (Wildman–Crippen MR) is 68.5 cm³/mol. The van der Waals surface area contributed by atoms with Crippen LogP contribution < -0.4 is 0 Å². The van der Waals surface area contributed by atoms with Gasteiger partial charge < -0.3 is 0 Å². The molecule has 2 heterocycles. The summed E-state index contributed by atoms with van der Waals surface area (Å²) in [5, 5.41) is 0. The molecule has 3 nitrogen and oxygen atoms in total. The van der Waals surface area contributed by atoms with Crippen LogP contribution in [0.25, 0.3) is 11.3 Å². The lowest BCUT2D eigenvalue weighted by Gasteiger charge is -2.03.